The van der Waals surface area contributed by atoms with Gasteiger partial charge in [-0.3, -0.25) is 4.90 Å². The fourth-order valence-corrected chi connectivity index (χ4v) is 5.21. The van der Waals surface area contributed by atoms with E-state index in [2.05, 4.69) is 32.6 Å². The molecule has 3 nitrogen and oxygen atoms in total. The minimum Gasteiger partial charge on any atom is -0.424 e. The zero-order valence-corrected chi connectivity index (χ0v) is 16.5. The summed E-state index contributed by atoms with van der Waals surface area (Å²) >= 11 is 14.8. The maximum atomic E-state index is 12.6. The number of carbonyl (C=O) groups excluding carboxylic acids is 1. The number of nitrogens with zero attached hydrogens (tertiary/aromatic N) is 1. The molecule has 1 atom stereocenters. The maximum absolute atomic E-state index is 12.6. The Morgan fingerprint density at radius 2 is 1.83 bits per heavy atom. The van der Waals surface area contributed by atoms with Crippen LogP contribution in [0.4, 0.5) is 0 Å². The molecule has 3 rings (SSSR count). The molecule has 1 unspecified atom stereocenters. The number of fused-ring (bicyclic) bond motifs is 2. The van der Waals surface area contributed by atoms with Gasteiger partial charge in [-0.15, -0.1) is 11.8 Å². The van der Waals surface area contributed by atoms with E-state index in [4.69, 9.17) is 27.9 Å². The molecule has 0 saturated carbocycles. The molecule has 0 spiro atoms. The molecule has 1 aromatic carbocycles. The number of halogens is 2. The van der Waals surface area contributed by atoms with Crippen LogP contribution in [0.15, 0.2) is 34.7 Å². The zero-order chi connectivity index (χ0) is 17.6. The van der Waals surface area contributed by atoms with Crippen molar-refractivity contribution in [3.05, 3.63) is 35.4 Å². The molecule has 1 aromatic rings. The number of hydrogen-bond acceptors (Lipinski definition) is 4. The summed E-state index contributed by atoms with van der Waals surface area (Å²) in [6, 6.07) is 7.93. The highest BCUT2D eigenvalue weighted by atomic mass is 35.5. The van der Waals surface area contributed by atoms with Crippen molar-refractivity contribution < 1.29 is 9.53 Å². The van der Waals surface area contributed by atoms with E-state index in [9.17, 15) is 4.79 Å². The molecule has 2 heterocycles. The average Bonchev–Trinajstić information content (AvgIpc) is 2.51. The summed E-state index contributed by atoms with van der Waals surface area (Å²) in [5.74, 6) is 0.742. The Balaban J connectivity index is 2.19. The lowest BCUT2D eigenvalue weighted by Gasteiger charge is -2.47. The first kappa shape index (κ1) is 18.1. The zero-order valence-electron chi connectivity index (χ0n) is 14.2. The van der Waals surface area contributed by atoms with Crippen LogP contribution in [0.2, 0.25) is 0 Å². The van der Waals surface area contributed by atoms with E-state index < -0.39 is 16.3 Å². The van der Waals surface area contributed by atoms with Crippen molar-refractivity contribution in [1.82, 2.24) is 4.90 Å². The first-order valence-electron chi connectivity index (χ1n) is 8.08. The van der Waals surface area contributed by atoms with Crippen molar-refractivity contribution in [2.24, 2.45) is 0 Å². The molecular weight excluding hydrogens is 365 g/mol. The van der Waals surface area contributed by atoms with Crippen molar-refractivity contribution >= 4 is 46.7 Å². The van der Waals surface area contributed by atoms with E-state index in [1.54, 1.807) is 11.8 Å². The van der Waals surface area contributed by atoms with Crippen LogP contribution in [0.1, 0.15) is 33.3 Å². The number of rotatable bonds is 3. The monoisotopic (exact) mass is 385 g/mol. The number of thioether (sulfide) groups is 1. The summed E-state index contributed by atoms with van der Waals surface area (Å²) in [4.78, 5) is 15.9. The predicted octanol–water partition coefficient (Wildman–Crippen LogP) is 4.72. The van der Waals surface area contributed by atoms with E-state index >= 15 is 0 Å². The van der Waals surface area contributed by atoms with Crippen LogP contribution in [-0.4, -0.2) is 39.1 Å². The number of carbonyl (C=O) groups is 1. The van der Waals surface area contributed by atoms with Crippen LogP contribution in [0.3, 0.4) is 0 Å². The number of hydrogen-bond donors (Lipinski definition) is 0. The normalized spacial score (nSPS) is 22.7. The number of esters is 1. The van der Waals surface area contributed by atoms with E-state index in [0.717, 1.165) is 16.0 Å². The average molecular weight is 386 g/mol. The van der Waals surface area contributed by atoms with Gasteiger partial charge in [0.05, 0.1) is 6.04 Å². The molecule has 0 amide bonds. The second kappa shape index (κ2) is 6.56. The van der Waals surface area contributed by atoms with E-state index in [-0.39, 0.29) is 12.1 Å². The highest BCUT2D eigenvalue weighted by molar-refractivity contribution is 7.99. The summed E-state index contributed by atoms with van der Waals surface area (Å²) in [6.45, 7) is 8.36. The van der Waals surface area contributed by atoms with E-state index in [0.29, 0.717) is 11.5 Å². The molecule has 0 bridgehead atoms. The van der Waals surface area contributed by atoms with E-state index in [1.807, 2.05) is 24.3 Å². The van der Waals surface area contributed by atoms with Crippen molar-refractivity contribution in [1.29, 1.82) is 0 Å². The number of ether oxygens (including phenoxy) is 1. The molecule has 0 aromatic heterocycles. The molecule has 130 valence electrons. The highest BCUT2D eigenvalue weighted by Crippen LogP contribution is 2.49. The van der Waals surface area contributed by atoms with Gasteiger partial charge in [0.2, 0.25) is 4.33 Å². The van der Waals surface area contributed by atoms with Gasteiger partial charge in [0.1, 0.15) is 5.76 Å². The number of alkyl halides is 2. The Morgan fingerprint density at radius 1 is 1.21 bits per heavy atom. The smallest absolute Gasteiger partial charge is 0.350 e. The van der Waals surface area contributed by atoms with Gasteiger partial charge in [-0.2, -0.15) is 0 Å². The summed E-state index contributed by atoms with van der Waals surface area (Å²) in [5, 5.41) is 0. The minimum atomic E-state index is -1.61. The maximum Gasteiger partial charge on any atom is 0.350 e. The molecule has 2 aliphatic rings. The molecule has 6 heteroatoms. The first-order chi connectivity index (χ1) is 11.2. The van der Waals surface area contributed by atoms with Crippen molar-refractivity contribution in [3.63, 3.8) is 0 Å². The van der Waals surface area contributed by atoms with Gasteiger partial charge >= 0.3 is 5.97 Å². The molecule has 2 aliphatic heterocycles. The number of benzene rings is 1. The van der Waals surface area contributed by atoms with Crippen molar-refractivity contribution in [3.8, 4) is 0 Å². The van der Waals surface area contributed by atoms with Gasteiger partial charge in [0, 0.05) is 33.9 Å². The van der Waals surface area contributed by atoms with Crippen LogP contribution in [0.5, 0.6) is 0 Å². The van der Waals surface area contributed by atoms with Gasteiger partial charge in [-0.1, -0.05) is 41.4 Å². The van der Waals surface area contributed by atoms with Crippen molar-refractivity contribution in [2.45, 2.75) is 55.0 Å². The summed E-state index contributed by atoms with van der Waals surface area (Å²) < 4.78 is 4.00. The fraction of sp³-hybridized carbons (Fsp3) is 0.500. The lowest BCUT2D eigenvalue weighted by molar-refractivity contribution is -0.140. The Labute approximate surface area is 157 Å². The largest absolute Gasteiger partial charge is 0.424 e. The second-order valence-electron chi connectivity index (χ2n) is 6.69. The van der Waals surface area contributed by atoms with Gasteiger partial charge in [0.15, 0.2) is 0 Å². The lowest BCUT2D eigenvalue weighted by atomic mass is 9.93. The Kier molecular flexibility index (Phi) is 4.95. The molecule has 0 aliphatic carbocycles. The first-order valence-corrected chi connectivity index (χ1v) is 9.82. The predicted molar refractivity (Wildman–Crippen MR) is 101 cm³/mol. The van der Waals surface area contributed by atoms with Crippen LogP contribution in [0, 0.1) is 0 Å². The molecule has 0 saturated heterocycles. The Hall–Kier alpha value is -0.680. The van der Waals surface area contributed by atoms with Gasteiger partial charge in [-0.25, -0.2) is 4.79 Å². The molecule has 0 N–H and O–H groups in total. The third-order valence-electron chi connectivity index (χ3n) is 4.44. The molecule has 0 fully saturated rings. The van der Waals surface area contributed by atoms with E-state index in [1.165, 1.54) is 0 Å². The fourth-order valence-electron chi connectivity index (χ4n) is 3.55. The second-order valence-corrected chi connectivity index (χ2v) is 9.09. The quantitative estimate of drug-likeness (QED) is 0.555. The van der Waals surface area contributed by atoms with Crippen LogP contribution >= 0.6 is 35.0 Å². The standard InChI is InChI=1S/C18H21Cl2NO2S/c1-10(2)21(11(3)4)16-13-9-24-14-8-6-5-7-12(14)15(13)23-17(22)18(16,19)20/h5-8,10-11,16H,9H2,1-4H3. The molecule has 24 heavy (non-hydrogen) atoms. The van der Waals surface area contributed by atoms with Gasteiger partial charge in [0.25, 0.3) is 0 Å². The lowest BCUT2D eigenvalue weighted by Crippen LogP contribution is -2.59. The van der Waals surface area contributed by atoms with Crippen LogP contribution < -0.4 is 0 Å². The topological polar surface area (TPSA) is 29.5 Å². The minimum absolute atomic E-state index is 0.189. The summed E-state index contributed by atoms with van der Waals surface area (Å²) in [7, 11) is 0. The SMILES string of the molecule is CC(C)N(C(C)C)C1C2=C(OC(=O)C1(Cl)Cl)c1ccccc1SC2. The van der Waals surface area contributed by atoms with Crippen molar-refractivity contribution in [2.75, 3.05) is 5.75 Å². The summed E-state index contributed by atoms with van der Waals surface area (Å²) in [5.41, 5.74) is 1.93. The Morgan fingerprint density at radius 3 is 2.46 bits per heavy atom. The van der Waals surface area contributed by atoms with Gasteiger partial charge in [-0.05, 0) is 33.8 Å². The molecular formula is C18H21Cl2NO2S. The van der Waals surface area contributed by atoms with Gasteiger partial charge < -0.3 is 4.74 Å². The van der Waals surface area contributed by atoms with Crippen LogP contribution in [-0.2, 0) is 9.53 Å². The molecule has 0 radical (unpaired) electrons. The Bertz CT molecular complexity index is 692. The summed E-state index contributed by atoms with van der Waals surface area (Å²) in [6.07, 6.45) is 0. The third-order valence-corrected chi connectivity index (χ3v) is 6.28. The highest BCUT2D eigenvalue weighted by Gasteiger charge is 2.55. The van der Waals surface area contributed by atoms with Crippen LogP contribution in [0.25, 0.3) is 5.76 Å². The third kappa shape index (κ3) is 2.88.